The highest BCUT2D eigenvalue weighted by Gasteiger charge is 2.53. The van der Waals surface area contributed by atoms with Gasteiger partial charge in [-0.05, 0) is 66.1 Å². The second-order valence-corrected chi connectivity index (χ2v) is 10.8. The van der Waals surface area contributed by atoms with Crippen LogP contribution >= 0.6 is 23.4 Å². The molecule has 2 aliphatic rings. The van der Waals surface area contributed by atoms with Crippen LogP contribution in [0, 0.1) is 29.3 Å². The largest absolute Gasteiger partial charge is 0.389 e. The number of tetrazole rings is 1. The summed E-state index contributed by atoms with van der Waals surface area (Å²) in [6, 6.07) is 6.16. The highest BCUT2D eigenvalue weighted by atomic mass is 35.5. The van der Waals surface area contributed by atoms with Gasteiger partial charge in [0, 0.05) is 39.9 Å². The Bertz CT molecular complexity index is 1220. The van der Waals surface area contributed by atoms with Crippen LogP contribution < -0.4 is 5.32 Å². The second-order valence-electron chi connectivity index (χ2n) is 9.05. The minimum atomic E-state index is -1.60. The van der Waals surface area contributed by atoms with E-state index < -0.39 is 29.0 Å². The summed E-state index contributed by atoms with van der Waals surface area (Å²) in [6.07, 6.45) is 3.77. The lowest BCUT2D eigenvalue weighted by molar-refractivity contribution is -0.0585. The fourth-order valence-electron chi connectivity index (χ4n) is 5.26. The molecule has 0 saturated heterocycles. The molecule has 3 aromatic rings. The summed E-state index contributed by atoms with van der Waals surface area (Å²) in [5, 5.41) is 28.3. The first-order valence-corrected chi connectivity index (χ1v) is 12.4. The van der Waals surface area contributed by atoms with Crippen molar-refractivity contribution in [2.24, 2.45) is 11.8 Å². The van der Waals surface area contributed by atoms with Crippen LogP contribution in [0.5, 0.6) is 0 Å². The van der Waals surface area contributed by atoms with Crippen molar-refractivity contribution in [3.8, 4) is 0 Å². The standard InChI is InChI=1S/C23H21ClF3N5O2S/c24-16-4-1-11(22(33)28-14-8-17(25)21(27)18(26)9-14)5-19(16)35-15-6-12-2-3-13(7-15)23(12,34)10-20-29-31-32-30-20/h1,4-5,8-9,12-13,15,34H,2-3,6-7,10H2,(H,28,33)(H,29,30,31,32)/t12-,13?,15-,23-/m0/s1. The smallest absolute Gasteiger partial charge is 0.255 e. The Morgan fingerprint density at radius 1 is 1.17 bits per heavy atom. The van der Waals surface area contributed by atoms with Crippen LogP contribution in [0.25, 0.3) is 0 Å². The molecule has 1 aromatic heterocycles. The number of H-pyrrole nitrogens is 1. The molecule has 35 heavy (non-hydrogen) atoms. The van der Waals surface area contributed by atoms with Crippen molar-refractivity contribution in [3.63, 3.8) is 0 Å². The Balaban J connectivity index is 1.28. The normalized spacial score (nSPS) is 25.6. The van der Waals surface area contributed by atoms with E-state index >= 15 is 0 Å². The summed E-state index contributed by atoms with van der Waals surface area (Å²) in [5.41, 5.74) is -0.806. The van der Waals surface area contributed by atoms with Crippen molar-refractivity contribution in [1.82, 2.24) is 20.6 Å². The van der Waals surface area contributed by atoms with Crippen molar-refractivity contribution in [2.75, 3.05) is 5.32 Å². The van der Waals surface area contributed by atoms with Gasteiger partial charge in [-0.2, -0.15) is 0 Å². The molecule has 2 fully saturated rings. The van der Waals surface area contributed by atoms with Gasteiger partial charge in [-0.15, -0.1) is 16.9 Å². The minimum Gasteiger partial charge on any atom is -0.389 e. The second kappa shape index (κ2) is 9.44. The molecule has 1 unspecified atom stereocenters. The van der Waals surface area contributed by atoms with Crippen molar-refractivity contribution < 1.29 is 23.1 Å². The number of fused-ring (bicyclic) bond motifs is 2. The van der Waals surface area contributed by atoms with Gasteiger partial charge in [-0.25, -0.2) is 18.3 Å². The summed E-state index contributed by atoms with van der Waals surface area (Å²) in [6.45, 7) is 0. The third kappa shape index (κ3) is 4.76. The Morgan fingerprint density at radius 2 is 1.86 bits per heavy atom. The third-order valence-corrected chi connectivity index (χ3v) is 8.69. The fourth-order valence-corrected chi connectivity index (χ4v) is 6.91. The predicted octanol–water partition coefficient (Wildman–Crippen LogP) is 4.78. The number of nitrogens with zero attached hydrogens (tertiary/aromatic N) is 3. The molecule has 12 heteroatoms. The Morgan fingerprint density at radius 3 is 2.49 bits per heavy atom. The molecule has 2 bridgehead atoms. The van der Waals surface area contributed by atoms with Gasteiger partial charge in [-0.3, -0.25) is 4.79 Å². The molecule has 1 heterocycles. The molecule has 1 amide bonds. The number of aromatic amines is 1. The number of nitrogens with one attached hydrogen (secondary N) is 2. The van der Waals surface area contributed by atoms with Gasteiger partial charge in [0.2, 0.25) is 0 Å². The molecule has 2 aliphatic carbocycles. The van der Waals surface area contributed by atoms with E-state index in [1.807, 2.05) is 0 Å². The molecule has 0 spiro atoms. The summed E-state index contributed by atoms with van der Waals surface area (Å²) < 4.78 is 40.2. The van der Waals surface area contributed by atoms with Crippen molar-refractivity contribution in [1.29, 1.82) is 0 Å². The van der Waals surface area contributed by atoms with Gasteiger partial charge in [0.05, 0.1) is 10.6 Å². The lowest BCUT2D eigenvalue weighted by atomic mass is 9.72. The monoisotopic (exact) mass is 523 g/mol. The van der Waals surface area contributed by atoms with E-state index in [9.17, 15) is 23.1 Å². The van der Waals surface area contributed by atoms with E-state index in [0.29, 0.717) is 22.2 Å². The molecular formula is C23H21ClF3N5O2S. The zero-order valence-corrected chi connectivity index (χ0v) is 19.8. The number of benzene rings is 2. The summed E-state index contributed by atoms with van der Waals surface area (Å²) in [5.74, 6) is -4.22. The van der Waals surface area contributed by atoms with Gasteiger partial charge in [-0.1, -0.05) is 11.6 Å². The van der Waals surface area contributed by atoms with E-state index in [4.69, 9.17) is 11.6 Å². The molecule has 0 radical (unpaired) electrons. The van der Waals surface area contributed by atoms with E-state index in [0.717, 1.165) is 37.8 Å². The third-order valence-electron chi connectivity index (χ3n) is 6.94. The van der Waals surface area contributed by atoms with Crippen LogP contribution in [0.3, 0.4) is 0 Å². The molecule has 3 N–H and O–H groups in total. The number of aromatic nitrogens is 4. The van der Waals surface area contributed by atoms with E-state index in [2.05, 4.69) is 25.9 Å². The van der Waals surface area contributed by atoms with Crippen LogP contribution in [0.2, 0.25) is 5.02 Å². The molecule has 2 saturated carbocycles. The van der Waals surface area contributed by atoms with Crippen LogP contribution in [0.15, 0.2) is 35.2 Å². The average Bonchev–Trinajstić information content (AvgIpc) is 3.34. The lowest BCUT2D eigenvalue weighted by Crippen LogP contribution is -2.47. The van der Waals surface area contributed by atoms with Gasteiger partial charge in [0.1, 0.15) is 0 Å². The highest BCUT2D eigenvalue weighted by molar-refractivity contribution is 8.00. The molecule has 184 valence electrons. The summed E-state index contributed by atoms with van der Waals surface area (Å²) in [4.78, 5) is 13.4. The van der Waals surface area contributed by atoms with Crippen LogP contribution in [-0.4, -0.2) is 42.5 Å². The molecule has 0 aliphatic heterocycles. The van der Waals surface area contributed by atoms with Crippen molar-refractivity contribution >= 4 is 35.0 Å². The maximum Gasteiger partial charge on any atom is 0.255 e. The van der Waals surface area contributed by atoms with Crippen molar-refractivity contribution in [3.05, 3.63) is 64.2 Å². The number of thioether (sulfide) groups is 1. The first-order valence-electron chi connectivity index (χ1n) is 11.1. The van der Waals surface area contributed by atoms with Gasteiger partial charge in [0.15, 0.2) is 23.3 Å². The van der Waals surface area contributed by atoms with E-state index in [-0.39, 0.29) is 28.3 Å². The maximum atomic E-state index is 13.5. The number of amides is 1. The number of hydrogen-bond acceptors (Lipinski definition) is 6. The number of hydrogen-bond donors (Lipinski definition) is 3. The molecule has 2 aromatic carbocycles. The fraction of sp³-hybridized carbons (Fsp3) is 0.391. The van der Waals surface area contributed by atoms with Gasteiger partial charge >= 0.3 is 0 Å². The Hall–Kier alpha value is -2.63. The summed E-state index contributed by atoms with van der Waals surface area (Å²) in [7, 11) is 0. The lowest BCUT2D eigenvalue weighted by Gasteiger charge is -2.42. The quantitative estimate of drug-likeness (QED) is 0.402. The van der Waals surface area contributed by atoms with Crippen molar-refractivity contribution in [2.45, 2.75) is 47.9 Å². The Labute approximate surface area is 207 Å². The number of anilines is 1. The van der Waals surface area contributed by atoms with Gasteiger partial charge in [0.25, 0.3) is 5.91 Å². The highest BCUT2D eigenvalue weighted by Crippen LogP contribution is 2.54. The predicted molar refractivity (Wildman–Crippen MR) is 124 cm³/mol. The number of carbonyl (C=O) groups is 1. The first-order chi connectivity index (χ1) is 16.7. The van der Waals surface area contributed by atoms with Crippen LogP contribution in [0.4, 0.5) is 18.9 Å². The number of aliphatic hydroxyl groups is 1. The van der Waals surface area contributed by atoms with E-state index in [1.165, 1.54) is 6.07 Å². The number of rotatable bonds is 6. The first kappa shape index (κ1) is 24.1. The molecule has 7 nitrogen and oxygen atoms in total. The molecule has 4 atom stereocenters. The maximum absolute atomic E-state index is 13.5. The average molecular weight is 524 g/mol. The van der Waals surface area contributed by atoms with Crippen LogP contribution in [-0.2, 0) is 6.42 Å². The molecule has 5 rings (SSSR count). The minimum absolute atomic E-state index is 0.0948. The van der Waals surface area contributed by atoms with Crippen LogP contribution in [0.1, 0.15) is 41.9 Å². The Kier molecular flexibility index (Phi) is 6.49. The molecular weight excluding hydrogens is 503 g/mol. The topological polar surface area (TPSA) is 104 Å². The number of carbonyl (C=O) groups excluding carboxylic acids is 1. The zero-order chi connectivity index (χ0) is 24.7. The zero-order valence-electron chi connectivity index (χ0n) is 18.3. The number of halogens is 4. The summed E-state index contributed by atoms with van der Waals surface area (Å²) >= 11 is 7.96. The van der Waals surface area contributed by atoms with E-state index in [1.54, 1.807) is 23.9 Å². The SMILES string of the molecule is O=C(Nc1cc(F)c(F)c(F)c1)c1ccc(Cl)c(S[C@@H]2CC3CC[C@@H](C2)[C@@]3(O)Cc2nnn[nH]2)c1. The van der Waals surface area contributed by atoms with Gasteiger partial charge < -0.3 is 10.4 Å².